The first-order valence-electron chi connectivity index (χ1n) is 9.54. The molecule has 29 heavy (non-hydrogen) atoms. The second-order valence-corrected chi connectivity index (χ2v) is 10.1. The second kappa shape index (κ2) is 7.29. The van der Waals surface area contributed by atoms with Gasteiger partial charge in [0.2, 0.25) is 0 Å². The second-order valence-electron chi connectivity index (χ2n) is 7.78. The molecule has 0 saturated heterocycles. The Kier molecular flexibility index (Phi) is 4.94. The summed E-state index contributed by atoms with van der Waals surface area (Å²) in [6.07, 6.45) is 0. The van der Waals surface area contributed by atoms with Gasteiger partial charge in [-0.05, 0) is 35.9 Å². The van der Waals surface area contributed by atoms with Crippen molar-refractivity contribution < 1.29 is 9.28 Å². The molecule has 1 aliphatic heterocycles. The van der Waals surface area contributed by atoms with Crippen LogP contribution in [0.4, 0.5) is 15.8 Å². The number of fused-ring (bicyclic) bond motifs is 1. The van der Waals surface area contributed by atoms with E-state index in [-0.39, 0.29) is 11.2 Å². The number of allylic oxidation sites excluding steroid dienone is 1. The molecule has 0 radical (unpaired) electrons. The molecule has 1 heterocycles. The van der Waals surface area contributed by atoms with E-state index in [4.69, 9.17) is 4.74 Å². The van der Waals surface area contributed by atoms with E-state index in [0.717, 1.165) is 16.7 Å². The SMILES string of the molecule is CN1/C(=C/P(O)(=Nc2ccc(F)cc2)c2ccccc2)C(C)(C)c2ccccc21. The summed E-state index contributed by atoms with van der Waals surface area (Å²) < 4.78 is 18.1. The Labute approximate surface area is 171 Å². The van der Waals surface area contributed by atoms with Gasteiger partial charge in [0, 0.05) is 35.0 Å². The number of rotatable bonds is 3. The molecule has 3 aromatic rings. The molecule has 0 saturated carbocycles. The van der Waals surface area contributed by atoms with Crippen LogP contribution < -0.4 is 10.2 Å². The Morgan fingerprint density at radius 1 is 0.931 bits per heavy atom. The highest BCUT2D eigenvalue weighted by Gasteiger charge is 2.39. The summed E-state index contributed by atoms with van der Waals surface area (Å²) in [5, 5.41) is 0.761. The molecular weight excluding hydrogens is 382 g/mol. The maximum Gasteiger partial charge on any atom is 0.140 e. The molecule has 0 aliphatic carbocycles. The van der Waals surface area contributed by atoms with Crippen LogP contribution in [0.3, 0.4) is 0 Å². The van der Waals surface area contributed by atoms with Crippen LogP contribution in [0.25, 0.3) is 0 Å². The van der Waals surface area contributed by atoms with Crippen LogP contribution in [0.5, 0.6) is 0 Å². The number of likely N-dealkylation sites (N-methyl/N-ethyl adjacent to an activating group) is 1. The van der Waals surface area contributed by atoms with Gasteiger partial charge in [0.1, 0.15) is 13.1 Å². The number of anilines is 1. The average Bonchev–Trinajstić information content (AvgIpc) is 2.91. The molecule has 3 nitrogen and oxygen atoms in total. The zero-order valence-corrected chi connectivity index (χ0v) is 17.6. The van der Waals surface area contributed by atoms with Gasteiger partial charge in [-0.2, -0.15) is 0 Å². The Bertz CT molecular complexity index is 1120. The summed E-state index contributed by atoms with van der Waals surface area (Å²) in [5.74, 6) is 1.60. The summed E-state index contributed by atoms with van der Waals surface area (Å²) in [6, 6.07) is 23.7. The predicted molar refractivity (Wildman–Crippen MR) is 120 cm³/mol. The molecule has 0 bridgehead atoms. The fraction of sp³-hybridized carbons (Fsp3) is 0.167. The smallest absolute Gasteiger partial charge is 0.140 e. The van der Waals surface area contributed by atoms with Crippen LogP contribution >= 0.6 is 7.28 Å². The zero-order valence-electron chi connectivity index (χ0n) is 16.7. The third-order valence-corrected chi connectivity index (χ3v) is 7.67. The van der Waals surface area contributed by atoms with Gasteiger partial charge >= 0.3 is 0 Å². The number of para-hydroxylation sites is 1. The molecule has 0 spiro atoms. The maximum atomic E-state index is 13.4. The molecule has 1 N–H and O–H groups in total. The van der Waals surface area contributed by atoms with Crippen molar-refractivity contribution in [2.45, 2.75) is 19.3 Å². The average molecular weight is 406 g/mol. The minimum absolute atomic E-state index is 0.271. The highest BCUT2D eigenvalue weighted by molar-refractivity contribution is 7.71. The van der Waals surface area contributed by atoms with Gasteiger partial charge in [-0.25, -0.2) is 9.14 Å². The molecule has 4 rings (SSSR count). The number of hydrogen-bond acceptors (Lipinski definition) is 2. The molecule has 0 aromatic heterocycles. The van der Waals surface area contributed by atoms with E-state index in [1.807, 2.05) is 55.3 Å². The van der Waals surface area contributed by atoms with Crippen molar-refractivity contribution in [1.29, 1.82) is 0 Å². The first kappa shape index (κ1) is 19.6. The van der Waals surface area contributed by atoms with Crippen molar-refractivity contribution in [2.75, 3.05) is 11.9 Å². The minimum Gasteiger partial charge on any atom is -0.353 e. The van der Waals surface area contributed by atoms with Gasteiger partial charge in [0.25, 0.3) is 0 Å². The van der Waals surface area contributed by atoms with Crippen LogP contribution in [-0.2, 0) is 5.41 Å². The van der Waals surface area contributed by atoms with Gasteiger partial charge in [0.15, 0.2) is 0 Å². The molecule has 0 amide bonds. The Hall–Kier alpha value is -2.68. The van der Waals surface area contributed by atoms with E-state index in [2.05, 4.69) is 30.9 Å². The molecule has 0 fully saturated rings. The highest BCUT2D eigenvalue weighted by atomic mass is 31.2. The first-order valence-corrected chi connectivity index (χ1v) is 11.3. The van der Waals surface area contributed by atoms with E-state index in [9.17, 15) is 9.28 Å². The predicted octanol–water partition coefficient (Wildman–Crippen LogP) is 6.16. The fourth-order valence-corrected chi connectivity index (χ4v) is 6.15. The monoisotopic (exact) mass is 406 g/mol. The van der Waals surface area contributed by atoms with Gasteiger partial charge in [-0.1, -0.05) is 62.4 Å². The van der Waals surface area contributed by atoms with Gasteiger partial charge in [0.05, 0.1) is 5.69 Å². The van der Waals surface area contributed by atoms with E-state index < -0.39 is 7.28 Å². The Morgan fingerprint density at radius 2 is 1.55 bits per heavy atom. The van der Waals surface area contributed by atoms with Gasteiger partial charge < -0.3 is 9.79 Å². The number of halogens is 1. The van der Waals surface area contributed by atoms with Crippen molar-refractivity contribution >= 4 is 24.0 Å². The topological polar surface area (TPSA) is 35.8 Å². The van der Waals surface area contributed by atoms with Crippen molar-refractivity contribution in [1.82, 2.24) is 0 Å². The van der Waals surface area contributed by atoms with Crippen molar-refractivity contribution in [3.05, 3.63) is 102 Å². The van der Waals surface area contributed by atoms with Crippen molar-refractivity contribution in [3.8, 4) is 0 Å². The zero-order chi connectivity index (χ0) is 20.6. The van der Waals surface area contributed by atoms with Crippen LogP contribution in [0.15, 0.2) is 95.1 Å². The minimum atomic E-state index is -3.05. The van der Waals surface area contributed by atoms with Crippen molar-refractivity contribution in [3.63, 3.8) is 0 Å². The van der Waals surface area contributed by atoms with Gasteiger partial charge in [-0.15, -0.1) is 0 Å². The lowest BCUT2D eigenvalue weighted by Gasteiger charge is -2.27. The highest BCUT2D eigenvalue weighted by Crippen LogP contribution is 2.55. The largest absolute Gasteiger partial charge is 0.353 e. The van der Waals surface area contributed by atoms with Crippen LogP contribution in [0.2, 0.25) is 0 Å². The number of benzene rings is 3. The summed E-state index contributed by atoms with van der Waals surface area (Å²) in [7, 11) is -1.03. The summed E-state index contributed by atoms with van der Waals surface area (Å²) in [6.45, 7) is 4.32. The van der Waals surface area contributed by atoms with Crippen LogP contribution in [-0.4, -0.2) is 11.9 Å². The molecular formula is C24H24FN2OP. The van der Waals surface area contributed by atoms with Crippen LogP contribution in [0.1, 0.15) is 19.4 Å². The van der Waals surface area contributed by atoms with E-state index in [1.54, 1.807) is 12.1 Å². The quantitative estimate of drug-likeness (QED) is 0.529. The molecule has 1 atom stereocenters. The maximum absolute atomic E-state index is 13.4. The standard InChI is InChI=1S/C24H24FN2OP/c1-24(2)21-11-7-8-12-22(21)27(3)23(24)17-29(28,20-9-5-4-6-10-20)26-19-15-13-18(25)14-16-19/h4-17,28H,1-3H3/b23-17+. The lowest BCUT2D eigenvalue weighted by atomic mass is 9.84. The fourth-order valence-electron chi connectivity index (χ4n) is 3.89. The third-order valence-electron chi connectivity index (χ3n) is 5.47. The van der Waals surface area contributed by atoms with Crippen LogP contribution in [0, 0.1) is 5.82 Å². The molecule has 148 valence electrons. The van der Waals surface area contributed by atoms with E-state index in [0.29, 0.717) is 5.69 Å². The Balaban J connectivity index is 1.93. The number of hydrogen-bond donors (Lipinski definition) is 1. The summed E-state index contributed by atoms with van der Waals surface area (Å²) >= 11 is 0. The third kappa shape index (κ3) is 3.55. The van der Waals surface area contributed by atoms with E-state index in [1.165, 1.54) is 17.7 Å². The van der Waals surface area contributed by atoms with Gasteiger partial charge in [-0.3, -0.25) is 0 Å². The Morgan fingerprint density at radius 3 is 2.21 bits per heavy atom. The lowest BCUT2D eigenvalue weighted by Crippen LogP contribution is -2.23. The molecule has 1 unspecified atom stereocenters. The van der Waals surface area contributed by atoms with E-state index >= 15 is 0 Å². The number of nitrogens with zero attached hydrogens (tertiary/aromatic N) is 2. The normalized spacial score (nSPS) is 18.4. The molecule has 3 aromatic carbocycles. The first-order chi connectivity index (χ1) is 13.8. The molecule has 1 aliphatic rings. The lowest BCUT2D eigenvalue weighted by molar-refractivity contribution is 0.621. The summed E-state index contributed by atoms with van der Waals surface area (Å²) in [4.78, 5) is 14.0. The van der Waals surface area contributed by atoms with Crippen molar-refractivity contribution in [2.24, 2.45) is 4.74 Å². The summed E-state index contributed by atoms with van der Waals surface area (Å²) in [5.41, 5.74) is 3.63. The molecule has 5 heteroatoms.